The molecule has 1 aliphatic carbocycles. The third-order valence-electron chi connectivity index (χ3n) is 5.76. The van der Waals surface area contributed by atoms with E-state index in [-0.39, 0.29) is 23.9 Å². The van der Waals surface area contributed by atoms with Crippen molar-refractivity contribution < 1.29 is 23.0 Å². The predicted molar refractivity (Wildman–Crippen MR) is 101 cm³/mol. The van der Waals surface area contributed by atoms with Crippen LogP contribution in [0.3, 0.4) is 0 Å². The van der Waals surface area contributed by atoms with Gasteiger partial charge >= 0.3 is 0 Å². The second-order valence-electron chi connectivity index (χ2n) is 7.57. The summed E-state index contributed by atoms with van der Waals surface area (Å²) in [5, 5.41) is 0. The molecule has 0 bridgehead atoms. The molecule has 5 heteroatoms. The number of benzene rings is 1. The Bertz CT molecular complexity index is 618. The summed E-state index contributed by atoms with van der Waals surface area (Å²) >= 11 is 0. The van der Waals surface area contributed by atoms with Crippen LogP contribution in [0.5, 0.6) is 5.75 Å². The minimum atomic E-state index is -0.866. The second-order valence-corrected chi connectivity index (χ2v) is 7.57. The summed E-state index contributed by atoms with van der Waals surface area (Å²) in [4.78, 5) is 0. The van der Waals surface area contributed by atoms with Crippen LogP contribution in [-0.4, -0.2) is 32.0 Å². The molecule has 1 heterocycles. The lowest BCUT2D eigenvalue weighted by Gasteiger charge is -2.32. The van der Waals surface area contributed by atoms with Crippen molar-refractivity contribution in [2.75, 3.05) is 19.8 Å². The SMILES string of the molecule is C=CC1CCC(OCC2CCC(c3ccc(OCC)c(F)c3F)CC2)CO1. The highest BCUT2D eigenvalue weighted by Gasteiger charge is 2.28. The molecule has 2 fully saturated rings. The van der Waals surface area contributed by atoms with Crippen LogP contribution in [0, 0.1) is 17.6 Å². The van der Waals surface area contributed by atoms with Gasteiger partial charge in [-0.2, -0.15) is 4.39 Å². The fraction of sp³-hybridized carbons (Fsp3) is 0.636. The third-order valence-corrected chi connectivity index (χ3v) is 5.76. The summed E-state index contributed by atoms with van der Waals surface area (Å²) < 4.78 is 45.4. The van der Waals surface area contributed by atoms with Crippen LogP contribution < -0.4 is 4.74 Å². The van der Waals surface area contributed by atoms with Crippen molar-refractivity contribution in [1.29, 1.82) is 0 Å². The van der Waals surface area contributed by atoms with Crippen molar-refractivity contribution in [2.45, 2.75) is 63.6 Å². The fourth-order valence-corrected chi connectivity index (χ4v) is 4.11. The van der Waals surface area contributed by atoms with E-state index in [1.807, 2.05) is 6.08 Å². The van der Waals surface area contributed by atoms with Gasteiger partial charge in [-0.15, -0.1) is 6.58 Å². The minimum absolute atomic E-state index is 0.00534. The molecule has 0 aromatic heterocycles. The van der Waals surface area contributed by atoms with Gasteiger partial charge in [0.2, 0.25) is 5.82 Å². The molecule has 0 spiro atoms. The molecule has 1 saturated carbocycles. The van der Waals surface area contributed by atoms with Crippen molar-refractivity contribution in [3.63, 3.8) is 0 Å². The molecule has 3 nitrogen and oxygen atoms in total. The van der Waals surface area contributed by atoms with Crippen molar-refractivity contribution in [1.82, 2.24) is 0 Å². The molecule has 1 saturated heterocycles. The minimum Gasteiger partial charge on any atom is -0.491 e. The summed E-state index contributed by atoms with van der Waals surface area (Å²) in [6, 6.07) is 3.23. The van der Waals surface area contributed by atoms with Crippen LogP contribution in [0.2, 0.25) is 0 Å². The first-order valence-corrected chi connectivity index (χ1v) is 10.1. The van der Waals surface area contributed by atoms with Gasteiger partial charge in [0.05, 0.1) is 25.4 Å². The van der Waals surface area contributed by atoms with Crippen LogP contribution in [0.25, 0.3) is 0 Å². The fourth-order valence-electron chi connectivity index (χ4n) is 4.11. The smallest absolute Gasteiger partial charge is 0.200 e. The first-order chi connectivity index (χ1) is 13.1. The molecular formula is C22H30F2O3. The quantitative estimate of drug-likeness (QED) is 0.594. The molecular weight excluding hydrogens is 350 g/mol. The van der Waals surface area contributed by atoms with Crippen LogP contribution in [0.15, 0.2) is 24.8 Å². The monoisotopic (exact) mass is 380 g/mol. The van der Waals surface area contributed by atoms with Gasteiger partial charge in [0.1, 0.15) is 0 Å². The summed E-state index contributed by atoms with van der Waals surface area (Å²) in [7, 11) is 0. The molecule has 1 aromatic rings. The maximum absolute atomic E-state index is 14.4. The number of ether oxygens (including phenoxy) is 3. The maximum atomic E-state index is 14.4. The normalized spacial score (nSPS) is 28.7. The molecule has 1 aromatic carbocycles. The molecule has 2 unspecified atom stereocenters. The molecule has 0 N–H and O–H groups in total. The predicted octanol–water partition coefficient (Wildman–Crippen LogP) is 5.39. The van der Waals surface area contributed by atoms with Gasteiger partial charge in [-0.05, 0) is 68.9 Å². The molecule has 2 aliphatic rings. The number of rotatable bonds is 7. The molecule has 150 valence electrons. The zero-order valence-electron chi connectivity index (χ0n) is 16.1. The Morgan fingerprint density at radius 3 is 2.52 bits per heavy atom. The first kappa shape index (κ1) is 20.3. The molecule has 0 radical (unpaired) electrons. The summed E-state index contributed by atoms with van der Waals surface area (Å²) in [6.45, 7) is 7.19. The molecule has 27 heavy (non-hydrogen) atoms. The lowest BCUT2D eigenvalue weighted by atomic mass is 9.78. The Morgan fingerprint density at radius 1 is 1.11 bits per heavy atom. The Morgan fingerprint density at radius 2 is 1.89 bits per heavy atom. The van der Waals surface area contributed by atoms with E-state index in [1.165, 1.54) is 0 Å². The first-order valence-electron chi connectivity index (χ1n) is 10.1. The summed E-state index contributed by atoms with van der Waals surface area (Å²) in [5.41, 5.74) is 0.478. The van der Waals surface area contributed by atoms with Gasteiger partial charge in [0, 0.05) is 6.61 Å². The highest BCUT2D eigenvalue weighted by molar-refractivity contribution is 5.33. The van der Waals surface area contributed by atoms with Gasteiger partial charge in [-0.3, -0.25) is 0 Å². The van der Waals surface area contributed by atoms with E-state index in [4.69, 9.17) is 14.2 Å². The van der Waals surface area contributed by atoms with E-state index >= 15 is 0 Å². The third kappa shape index (κ3) is 5.08. The molecule has 1 aliphatic heterocycles. The number of halogens is 2. The average molecular weight is 380 g/mol. The second kappa shape index (κ2) is 9.65. The van der Waals surface area contributed by atoms with Gasteiger partial charge in [-0.25, -0.2) is 4.39 Å². The van der Waals surface area contributed by atoms with Gasteiger partial charge < -0.3 is 14.2 Å². The summed E-state index contributed by atoms with van der Waals surface area (Å²) in [5.74, 6) is -1.08. The highest BCUT2D eigenvalue weighted by Crippen LogP contribution is 2.39. The Hall–Kier alpha value is -1.46. The van der Waals surface area contributed by atoms with E-state index in [9.17, 15) is 8.78 Å². The van der Waals surface area contributed by atoms with Crippen LogP contribution in [-0.2, 0) is 9.47 Å². The van der Waals surface area contributed by atoms with Crippen molar-refractivity contribution in [3.8, 4) is 5.75 Å². The van der Waals surface area contributed by atoms with Crippen LogP contribution >= 0.6 is 0 Å². The molecule has 2 atom stereocenters. The largest absolute Gasteiger partial charge is 0.491 e. The van der Waals surface area contributed by atoms with Crippen molar-refractivity contribution >= 4 is 0 Å². The van der Waals surface area contributed by atoms with Crippen LogP contribution in [0.4, 0.5) is 8.78 Å². The molecule has 3 rings (SSSR count). The standard InChI is InChI=1S/C22H30F2O3/c1-3-17-9-10-18(14-27-17)26-13-15-5-7-16(8-6-15)19-11-12-20(25-4-2)22(24)21(19)23/h3,11-12,15-18H,1,4-10,13-14H2,2H3. The zero-order valence-corrected chi connectivity index (χ0v) is 16.1. The van der Waals surface area contributed by atoms with E-state index in [0.717, 1.165) is 45.1 Å². The lowest BCUT2D eigenvalue weighted by Crippen LogP contribution is -2.32. The maximum Gasteiger partial charge on any atom is 0.200 e. The Kier molecular flexibility index (Phi) is 7.25. The Labute approximate surface area is 160 Å². The Balaban J connectivity index is 1.46. The topological polar surface area (TPSA) is 27.7 Å². The molecule has 0 amide bonds. The van der Waals surface area contributed by atoms with Gasteiger partial charge in [-0.1, -0.05) is 12.1 Å². The van der Waals surface area contributed by atoms with E-state index in [2.05, 4.69) is 6.58 Å². The average Bonchev–Trinajstić information content (AvgIpc) is 2.71. The van der Waals surface area contributed by atoms with E-state index in [0.29, 0.717) is 24.7 Å². The summed E-state index contributed by atoms with van der Waals surface area (Å²) in [6.07, 6.45) is 7.80. The zero-order chi connectivity index (χ0) is 19.2. The van der Waals surface area contributed by atoms with Gasteiger partial charge in [0.25, 0.3) is 0 Å². The lowest BCUT2D eigenvalue weighted by molar-refractivity contribution is -0.0814. The van der Waals surface area contributed by atoms with Crippen molar-refractivity contribution in [3.05, 3.63) is 42.0 Å². The van der Waals surface area contributed by atoms with Crippen molar-refractivity contribution in [2.24, 2.45) is 5.92 Å². The highest BCUT2D eigenvalue weighted by atomic mass is 19.2. The van der Waals surface area contributed by atoms with Gasteiger partial charge in [0.15, 0.2) is 11.6 Å². The van der Waals surface area contributed by atoms with E-state index in [1.54, 1.807) is 19.1 Å². The number of hydrogen-bond donors (Lipinski definition) is 0. The number of hydrogen-bond acceptors (Lipinski definition) is 3. The van der Waals surface area contributed by atoms with Crippen LogP contribution in [0.1, 0.15) is 56.9 Å². The van der Waals surface area contributed by atoms with E-state index < -0.39 is 11.6 Å².